The molecule has 0 aromatic heterocycles. The van der Waals surface area contributed by atoms with Gasteiger partial charge in [0.15, 0.2) is 0 Å². The lowest BCUT2D eigenvalue weighted by molar-refractivity contribution is -0.121. The smallest absolute Gasteiger partial charge is 0.221 e. The van der Waals surface area contributed by atoms with Crippen LogP contribution in [0.1, 0.15) is 19.8 Å². The van der Waals surface area contributed by atoms with E-state index < -0.39 is 0 Å². The van der Waals surface area contributed by atoms with Gasteiger partial charge in [0, 0.05) is 43.3 Å². The van der Waals surface area contributed by atoms with E-state index in [0.717, 1.165) is 30.9 Å². The van der Waals surface area contributed by atoms with Crippen molar-refractivity contribution in [2.45, 2.75) is 31.8 Å². The standard InChI is InChI=1S/C15H23N3O2/c1-11(16)8-15(19)17-12-6-7-18(10-12)13-4-3-5-14(9-13)20-2/h3-5,9,11-12H,6-8,10,16H2,1-2H3,(H,17,19). The molecule has 0 spiro atoms. The van der Waals surface area contributed by atoms with Crippen LogP contribution in [0.15, 0.2) is 24.3 Å². The van der Waals surface area contributed by atoms with Crippen LogP contribution >= 0.6 is 0 Å². The Morgan fingerprint density at radius 3 is 3.10 bits per heavy atom. The number of methoxy groups -OCH3 is 1. The Labute approximate surface area is 120 Å². The molecule has 1 fully saturated rings. The van der Waals surface area contributed by atoms with E-state index in [1.165, 1.54) is 0 Å². The summed E-state index contributed by atoms with van der Waals surface area (Å²) in [6.45, 7) is 3.62. The highest BCUT2D eigenvalue weighted by Gasteiger charge is 2.24. The molecule has 20 heavy (non-hydrogen) atoms. The molecule has 2 atom stereocenters. The fourth-order valence-electron chi connectivity index (χ4n) is 2.50. The molecule has 0 bridgehead atoms. The van der Waals surface area contributed by atoms with Gasteiger partial charge < -0.3 is 20.7 Å². The number of hydrogen-bond donors (Lipinski definition) is 2. The normalized spacial score (nSPS) is 19.8. The number of nitrogens with one attached hydrogen (secondary N) is 1. The summed E-state index contributed by atoms with van der Waals surface area (Å²) < 4.78 is 5.24. The molecule has 2 rings (SSSR count). The largest absolute Gasteiger partial charge is 0.497 e. The van der Waals surface area contributed by atoms with Crippen LogP contribution in [0, 0.1) is 0 Å². The van der Waals surface area contributed by atoms with Crippen molar-refractivity contribution in [2.24, 2.45) is 5.73 Å². The monoisotopic (exact) mass is 277 g/mol. The lowest BCUT2D eigenvalue weighted by Crippen LogP contribution is -2.39. The molecule has 1 heterocycles. The minimum atomic E-state index is -0.0918. The Bertz CT molecular complexity index is 462. The van der Waals surface area contributed by atoms with Crippen LogP contribution in [0.5, 0.6) is 5.75 Å². The first-order chi connectivity index (χ1) is 9.58. The Morgan fingerprint density at radius 1 is 1.60 bits per heavy atom. The zero-order valence-corrected chi connectivity index (χ0v) is 12.1. The van der Waals surface area contributed by atoms with Crippen molar-refractivity contribution in [1.82, 2.24) is 5.32 Å². The molecule has 5 nitrogen and oxygen atoms in total. The van der Waals surface area contributed by atoms with Gasteiger partial charge in [-0.2, -0.15) is 0 Å². The predicted molar refractivity (Wildman–Crippen MR) is 80.0 cm³/mol. The van der Waals surface area contributed by atoms with Gasteiger partial charge in [-0.3, -0.25) is 4.79 Å². The highest BCUT2D eigenvalue weighted by atomic mass is 16.5. The number of amides is 1. The average molecular weight is 277 g/mol. The molecule has 110 valence electrons. The number of rotatable bonds is 5. The topological polar surface area (TPSA) is 67.6 Å². The van der Waals surface area contributed by atoms with Crippen LogP contribution in [0.3, 0.4) is 0 Å². The SMILES string of the molecule is COc1cccc(N2CCC(NC(=O)CC(C)N)C2)c1. The Morgan fingerprint density at radius 2 is 2.40 bits per heavy atom. The van der Waals surface area contributed by atoms with Crippen molar-refractivity contribution >= 4 is 11.6 Å². The number of ether oxygens (including phenoxy) is 1. The van der Waals surface area contributed by atoms with Crippen molar-refractivity contribution < 1.29 is 9.53 Å². The zero-order valence-electron chi connectivity index (χ0n) is 12.1. The first-order valence-corrected chi connectivity index (χ1v) is 7.02. The number of benzene rings is 1. The lowest BCUT2D eigenvalue weighted by Gasteiger charge is -2.20. The minimum absolute atomic E-state index is 0.0393. The molecule has 0 radical (unpaired) electrons. The van der Waals surface area contributed by atoms with E-state index in [1.807, 2.05) is 25.1 Å². The van der Waals surface area contributed by atoms with Crippen molar-refractivity contribution in [3.63, 3.8) is 0 Å². The molecule has 1 aromatic rings. The van der Waals surface area contributed by atoms with Crippen molar-refractivity contribution in [1.29, 1.82) is 0 Å². The van der Waals surface area contributed by atoms with Crippen LogP contribution in [-0.2, 0) is 4.79 Å². The lowest BCUT2D eigenvalue weighted by atomic mass is 10.2. The van der Waals surface area contributed by atoms with Crippen LogP contribution in [-0.4, -0.2) is 38.2 Å². The maximum Gasteiger partial charge on any atom is 0.221 e. The number of carbonyl (C=O) groups is 1. The number of nitrogens with zero attached hydrogens (tertiary/aromatic N) is 1. The maximum absolute atomic E-state index is 11.7. The van der Waals surface area contributed by atoms with Crippen molar-refractivity contribution in [2.75, 3.05) is 25.1 Å². The van der Waals surface area contributed by atoms with E-state index in [2.05, 4.69) is 16.3 Å². The molecule has 1 amide bonds. The maximum atomic E-state index is 11.7. The molecule has 1 aliphatic heterocycles. The number of anilines is 1. The third-order valence-electron chi connectivity index (χ3n) is 3.48. The van der Waals surface area contributed by atoms with E-state index in [9.17, 15) is 4.79 Å². The van der Waals surface area contributed by atoms with Crippen LogP contribution < -0.4 is 20.7 Å². The van der Waals surface area contributed by atoms with Crippen LogP contribution in [0.25, 0.3) is 0 Å². The van der Waals surface area contributed by atoms with Crippen molar-refractivity contribution in [3.8, 4) is 5.75 Å². The summed E-state index contributed by atoms with van der Waals surface area (Å²) in [7, 11) is 1.67. The fraction of sp³-hybridized carbons (Fsp3) is 0.533. The minimum Gasteiger partial charge on any atom is -0.497 e. The van der Waals surface area contributed by atoms with Gasteiger partial charge in [-0.1, -0.05) is 6.07 Å². The summed E-state index contributed by atoms with van der Waals surface area (Å²) in [4.78, 5) is 14.0. The van der Waals surface area contributed by atoms with Gasteiger partial charge in [-0.15, -0.1) is 0 Å². The van der Waals surface area contributed by atoms with Gasteiger partial charge in [0.25, 0.3) is 0 Å². The molecule has 0 saturated carbocycles. The highest BCUT2D eigenvalue weighted by Crippen LogP contribution is 2.24. The summed E-state index contributed by atoms with van der Waals surface area (Å²) in [6.07, 6.45) is 1.34. The molecule has 2 unspecified atom stereocenters. The third-order valence-corrected chi connectivity index (χ3v) is 3.48. The Hall–Kier alpha value is -1.75. The Balaban J connectivity index is 1.90. The van der Waals surface area contributed by atoms with E-state index in [0.29, 0.717) is 6.42 Å². The Kier molecular flexibility index (Phi) is 4.84. The van der Waals surface area contributed by atoms with Crippen molar-refractivity contribution in [3.05, 3.63) is 24.3 Å². The number of hydrogen-bond acceptors (Lipinski definition) is 4. The summed E-state index contributed by atoms with van der Waals surface area (Å²) in [5.74, 6) is 0.893. The van der Waals surface area contributed by atoms with E-state index >= 15 is 0 Å². The van der Waals surface area contributed by atoms with E-state index in [4.69, 9.17) is 10.5 Å². The molecule has 0 aliphatic carbocycles. The molecular formula is C15H23N3O2. The summed E-state index contributed by atoms with van der Waals surface area (Å²) in [5, 5.41) is 3.05. The second kappa shape index (κ2) is 6.61. The second-order valence-electron chi connectivity index (χ2n) is 5.38. The van der Waals surface area contributed by atoms with E-state index in [1.54, 1.807) is 7.11 Å². The average Bonchev–Trinajstić information content (AvgIpc) is 2.86. The zero-order chi connectivity index (χ0) is 14.5. The summed E-state index contributed by atoms with van der Waals surface area (Å²) in [6, 6.07) is 8.11. The first kappa shape index (κ1) is 14.7. The molecular weight excluding hydrogens is 254 g/mol. The van der Waals surface area contributed by atoms with Gasteiger partial charge in [0.05, 0.1) is 7.11 Å². The van der Waals surface area contributed by atoms with Gasteiger partial charge in [-0.05, 0) is 25.5 Å². The van der Waals surface area contributed by atoms with Gasteiger partial charge in [0.1, 0.15) is 5.75 Å². The number of nitrogens with two attached hydrogens (primary N) is 1. The van der Waals surface area contributed by atoms with Gasteiger partial charge in [0.2, 0.25) is 5.91 Å². The van der Waals surface area contributed by atoms with Crippen LogP contribution in [0.4, 0.5) is 5.69 Å². The summed E-state index contributed by atoms with van der Waals surface area (Å²) in [5.41, 5.74) is 6.77. The van der Waals surface area contributed by atoms with Gasteiger partial charge in [-0.25, -0.2) is 0 Å². The first-order valence-electron chi connectivity index (χ1n) is 7.02. The second-order valence-corrected chi connectivity index (χ2v) is 5.38. The summed E-state index contributed by atoms with van der Waals surface area (Å²) >= 11 is 0. The predicted octanol–water partition coefficient (Wildman–Crippen LogP) is 1.13. The molecule has 3 N–H and O–H groups in total. The fourth-order valence-corrected chi connectivity index (χ4v) is 2.50. The molecule has 1 aromatic carbocycles. The molecule has 5 heteroatoms. The third kappa shape index (κ3) is 3.87. The van der Waals surface area contributed by atoms with Crippen LogP contribution in [0.2, 0.25) is 0 Å². The number of carbonyl (C=O) groups excluding carboxylic acids is 1. The van der Waals surface area contributed by atoms with E-state index in [-0.39, 0.29) is 18.0 Å². The molecule has 1 aliphatic rings. The highest BCUT2D eigenvalue weighted by molar-refractivity contribution is 5.77. The molecule has 1 saturated heterocycles. The van der Waals surface area contributed by atoms with Gasteiger partial charge >= 0.3 is 0 Å². The quantitative estimate of drug-likeness (QED) is 0.846.